The van der Waals surface area contributed by atoms with Crippen LogP contribution in [0.2, 0.25) is 0 Å². The fraction of sp³-hybridized carbons (Fsp3) is 0.588. The first kappa shape index (κ1) is 14.8. The lowest BCUT2D eigenvalue weighted by molar-refractivity contribution is 0.0951. The summed E-state index contributed by atoms with van der Waals surface area (Å²) in [6.45, 7) is 3.04. The number of piperidine rings is 1. The van der Waals surface area contributed by atoms with Gasteiger partial charge in [0.15, 0.2) is 0 Å². The van der Waals surface area contributed by atoms with Gasteiger partial charge in [0.25, 0.3) is 0 Å². The molecular weight excluding hydrogens is 280 g/mol. The Morgan fingerprint density at radius 1 is 1.19 bits per heavy atom. The zero-order valence-corrected chi connectivity index (χ0v) is 13.3. The van der Waals surface area contributed by atoms with Crippen molar-refractivity contribution in [2.75, 3.05) is 19.7 Å². The van der Waals surface area contributed by atoms with Crippen LogP contribution in [0.3, 0.4) is 0 Å². The summed E-state index contributed by atoms with van der Waals surface area (Å²) in [5.74, 6) is 1.85. The number of thiocarbonyl (C=S) groups is 1. The normalized spacial score (nSPS) is 25.5. The molecule has 2 fully saturated rings. The van der Waals surface area contributed by atoms with E-state index in [1.807, 2.05) is 24.3 Å². The molecule has 1 heterocycles. The Balaban J connectivity index is 1.48. The molecular formula is C17H24N2OS. The van der Waals surface area contributed by atoms with E-state index in [1.54, 1.807) is 0 Å². The van der Waals surface area contributed by atoms with Crippen molar-refractivity contribution >= 4 is 17.2 Å². The molecule has 0 aromatic heterocycles. The molecule has 1 saturated heterocycles. The van der Waals surface area contributed by atoms with Gasteiger partial charge in [0.1, 0.15) is 17.3 Å². The standard InChI is InChI=1S/C17H24N2OS/c18-17(21)14-6-8-15(9-7-14)20-12-11-19-10-2-4-13-3-1-5-16(13)19/h6-9,13,16H,1-5,10-12H2,(H2,18,21). The molecule has 0 radical (unpaired) electrons. The number of hydrogen-bond donors (Lipinski definition) is 1. The van der Waals surface area contributed by atoms with Crippen molar-refractivity contribution in [2.45, 2.75) is 38.1 Å². The van der Waals surface area contributed by atoms with E-state index in [1.165, 1.54) is 38.6 Å². The van der Waals surface area contributed by atoms with E-state index in [0.717, 1.165) is 36.4 Å². The van der Waals surface area contributed by atoms with Crippen LogP contribution < -0.4 is 10.5 Å². The minimum Gasteiger partial charge on any atom is -0.492 e. The maximum absolute atomic E-state index is 5.87. The quantitative estimate of drug-likeness (QED) is 0.849. The summed E-state index contributed by atoms with van der Waals surface area (Å²) in [4.78, 5) is 3.08. The second kappa shape index (κ2) is 6.75. The number of nitrogens with zero attached hydrogens (tertiary/aromatic N) is 1. The second-order valence-corrected chi connectivity index (χ2v) is 6.61. The predicted molar refractivity (Wildman–Crippen MR) is 89.8 cm³/mol. The Hall–Kier alpha value is -1.13. The van der Waals surface area contributed by atoms with E-state index in [4.69, 9.17) is 22.7 Å². The van der Waals surface area contributed by atoms with Gasteiger partial charge < -0.3 is 10.5 Å². The molecule has 1 saturated carbocycles. The third-order valence-electron chi connectivity index (χ3n) is 4.89. The van der Waals surface area contributed by atoms with Gasteiger partial charge in [-0.25, -0.2) is 0 Å². The molecule has 3 rings (SSSR count). The molecule has 3 nitrogen and oxygen atoms in total. The van der Waals surface area contributed by atoms with Crippen LogP contribution in [0.4, 0.5) is 0 Å². The molecule has 114 valence electrons. The van der Waals surface area contributed by atoms with Crippen LogP contribution in [0, 0.1) is 5.92 Å². The summed E-state index contributed by atoms with van der Waals surface area (Å²) in [7, 11) is 0. The summed E-state index contributed by atoms with van der Waals surface area (Å²) in [6.07, 6.45) is 7.01. The van der Waals surface area contributed by atoms with Gasteiger partial charge in [-0.05, 0) is 62.4 Å². The van der Waals surface area contributed by atoms with E-state index in [-0.39, 0.29) is 0 Å². The van der Waals surface area contributed by atoms with Gasteiger partial charge in [-0.2, -0.15) is 0 Å². The van der Waals surface area contributed by atoms with Crippen molar-refractivity contribution in [3.8, 4) is 5.75 Å². The predicted octanol–water partition coefficient (Wildman–Crippen LogP) is 2.96. The Kier molecular flexibility index (Phi) is 4.76. The first-order valence-corrected chi connectivity index (χ1v) is 8.41. The molecule has 21 heavy (non-hydrogen) atoms. The molecule has 2 aliphatic rings. The minimum absolute atomic E-state index is 0.433. The minimum atomic E-state index is 0.433. The summed E-state index contributed by atoms with van der Waals surface area (Å²) in [5.41, 5.74) is 6.49. The first-order valence-electron chi connectivity index (χ1n) is 8.01. The number of likely N-dealkylation sites (tertiary alicyclic amines) is 1. The van der Waals surface area contributed by atoms with Crippen LogP contribution in [0.25, 0.3) is 0 Å². The van der Waals surface area contributed by atoms with Gasteiger partial charge in [-0.3, -0.25) is 4.90 Å². The van der Waals surface area contributed by atoms with Crippen LogP contribution in [-0.2, 0) is 0 Å². The largest absolute Gasteiger partial charge is 0.492 e. The summed E-state index contributed by atoms with van der Waals surface area (Å²) in [6, 6.07) is 8.56. The van der Waals surface area contributed by atoms with Crippen molar-refractivity contribution in [3.05, 3.63) is 29.8 Å². The molecule has 1 aromatic rings. The van der Waals surface area contributed by atoms with Crippen molar-refractivity contribution in [3.63, 3.8) is 0 Å². The van der Waals surface area contributed by atoms with Crippen molar-refractivity contribution in [1.82, 2.24) is 4.90 Å². The highest BCUT2D eigenvalue weighted by molar-refractivity contribution is 7.80. The zero-order chi connectivity index (χ0) is 14.7. The molecule has 1 aliphatic heterocycles. The number of rotatable bonds is 5. The molecule has 0 bridgehead atoms. The van der Waals surface area contributed by atoms with Crippen LogP contribution in [0.15, 0.2) is 24.3 Å². The smallest absolute Gasteiger partial charge is 0.119 e. The maximum Gasteiger partial charge on any atom is 0.119 e. The lowest BCUT2D eigenvalue weighted by Gasteiger charge is -2.37. The molecule has 1 aliphatic carbocycles. The van der Waals surface area contributed by atoms with Crippen molar-refractivity contribution in [1.29, 1.82) is 0 Å². The van der Waals surface area contributed by atoms with E-state index < -0.39 is 0 Å². The Labute approximate surface area is 132 Å². The van der Waals surface area contributed by atoms with E-state index in [2.05, 4.69) is 4.90 Å². The third-order valence-corrected chi connectivity index (χ3v) is 5.13. The van der Waals surface area contributed by atoms with Crippen LogP contribution in [0.1, 0.15) is 37.7 Å². The van der Waals surface area contributed by atoms with E-state index >= 15 is 0 Å². The first-order chi connectivity index (χ1) is 10.2. The van der Waals surface area contributed by atoms with Crippen molar-refractivity contribution < 1.29 is 4.74 Å². The topological polar surface area (TPSA) is 38.5 Å². The van der Waals surface area contributed by atoms with Crippen LogP contribution in [0.5, 0.6) is 5.75 Å². The Bertz CT molecular complexity index is 488. The molecule has 1 aromatic carbocycles. The highest BCUT2D eigenvalue weighted by Crippen LogP contribution is 2.36. The SMILES string of the molecule is NC(=S)c1ccc(OCCN2CCCC3CCCC32)cc1. The highest BCUT2D eigenvalue weighted by Gasteiger charge is 2.34. The average Bonchev–Trinajstić information content (AvgIpc) is 2.97. The van der Waals surface area contributed by atoms with Gasteiger partial charge in [0.05, 0.1) is 0 Å². The number of fused-ring (bicyclic) bond motifs is 1. The summed E-state index contributed by atoms with van der Waals surface area (Å²) >= 11 is 4.95. The second-order valence-electron chi connectivity index (χ2n) is 6.17. The number of benzene rings is 1. The zero-order valence-electron chi connectivity index (χ0n) is 12.5. The summed E-state index contributed by atoms with van der Waals surface area (Å²) < 4.78 is 5.87. The number of ether oxygens (including phenoxy) is 1. The average molecular weight is 304 g/mol. The Morgan fingerprint density at radius 2 is 1.95 bits per heavy atom. The monoisotopic (exact) mass is 304 g/mol. The maximum atomic E-state index is 5.87. The molecule has 0 amide bonds. The molecule has 4 heteroatoms. The number of nitrogens with two attached hydrogens (primary N) is 1. The lowest BCUT2D eigenvalue weighted by Crippen LogP contribution is -2.44. The van der Waals surface area contributed by atoms with E-state index in [0.29, 0.717) is 4.99 Å². The molecule has 2 N–H and O–H groups in total. The van der Waals surface area contributed by atoms with Gasteiger partial charge >= 0.3 is 0 Å². The van der Waals surface area contributed by atoms with Crippen molar-refractivity contribution in [2.24, 2.45) is 11.7 Å². The lowest BCUT2D eigenvalue weighted by atomic mass is 9.92. The van der Waals surface area contributed by atoms with Crippen LogP contribution in [-0.4, -0.2) is 35.6 Å². The van der Waals surface area contributed by atoms with E-state index in [9.17, 15) is 0 Å². The van der Waals surface area contributed by atoms with Crippen LogP contribution >= 0.6 is 12.2 Å². The highest BCUT2D eigenvalue weighted by atomic mass is 32.1. The van der Waals surface area contributed by atoms with Gasteiger partial charge in [0, 0.05) is 18.2 Å². The van der Waals surface area contributed by atoms with Gasteiger partial charge in [-0.15, -0.1) is 0 Å². The van der Waals surface area contributed by atoms with Gasteiger partial charge in [-0.1, -0.05) is 18.6 Å². The third kappa shape index (κ3) is 3.55. The summed E-state index contributed by atoms with van der Waals surface area (Å²) in [5, 5.41) is 0. The Morgan fingerprint density at radius 3 is 2.71 bits per heavy atom. The fourth-order valence-corrected chi connectivity index (χ4v) is 3.97. The fourth-order valence-electron chi connectivity index (χ4n) is 3.83. The molecule has 2 atom stereocenters. The van der Waals surface area contributed by atoms with Gasteiger partial charge in [0.2, 0.25) is 0 Å². The molecule has 0 spiro atoms. The molecule has 2 unspecified atom stereocenters. The number of hydrogen-bond acceptors (Lipinski definition) is 3.